The van der Waals surface area contributed by atoms with E-state index in [4.69, 9.17) is 15.2 Å². The Bertz CT molecular complexity index is 1920. The Hall–Kier alpha value is -5.43. The highest BCUT2D eigenvalue weighted by molar-refractivity contribution is 6.05. The number of allylic oxidation sites excluding steroid dienone is 1. The summed E-state index contributed by atoms with van der Waals surface area (Å²) >= 11 is 0. The van der Waals surface area contributed by atoms with E-state index < -0.39 is 17.6 Å². The molecule has 10 nitrogen and oxygen atoms in total. The number of halogens is 3. The van der Waals surface area contributed by atoms with Crippen molar-refractivity contribution in [1.82, 2.24) is 20.2 Å². The number of H-pyrrole nitrogens is 1. The van der Waals surface area contributed by atoms with Crippen LogP contribution in [0.2, 0.25) is 0 Å². The number of aromatic nitrogens is 4. The Morgan fingerprint density at radius 2 is 1.73 bits per heavy atom. The minimum Gasteiger partial charge on any atom is -0.497 e. The van der Waals surface area contributed by atoms with Crippen molar-refractivity contribution in [1.29, 1.82) is 0 Å². The molecule has 1 aliphatic carbocycles. The molecule has 52 heavy (non-hydrogen) atoms. The summed E-state index contributed by atoms with van der Waals surface area (Å²) in [5, 5.41) is 14.2. The van der Waals surface area contributed by atoms with E-state index in [1.807, 2.05) is 26.0 Å². The lowest BCUT2D eigenvalue weighted by Gasteiger charge is -2.15. The normalized spacial score (nSPS) is 12.8. The van der Waals surface area contributed by atoms with E-state index in [1.54, 1.807) is 56.8 Å². The predicted molar refractivity (Wildman–Crippen MR) is 200 cm³/mol. The van der Waals surface area contributed by atoms with Crippen LogP contribution in [0.15, 0.2) is 79.6 Å². The molecular weight excluding hydrogens is 671 g/mol. The van der Waals surface area contributed by atoms with Gasteiger partial charge in [-0.15, -0.1) is 6.58 Å². The Morgan fingerprint density at radius 1 is 1.00 bits per heavy atom. The largest absolute Gasteiger partial charge is 0.497 e. The first-order valence-corrected chi connectivity index (χ1v) is 17.2. The van der Waals surface area contributed by atoms with Crippen LogP contribution in [0.25, 0.3) is 22.2 Å². The number of methoxy groups -OCH3 is 2. The number of rotatable bonds is 10. The first kappa shape index (κ1) is 39.4. The first-order valence-electron chi connectivity index (χ1n) is 17.2. The van der Waals surface area contributed by atoms with Gasteiger partial charge in [0.2, 0.25) is 0 Å². The number of ether oxygens (including phenoxy) is 2. The van der Waals surface area contributed by atoms with Crippen LogP contribution in [0.5, 0.6) is 11.5 Å². The van der Waals surface area contributed by atoms with E-state index in [2.05, 4.69) is 37.4 Å². The van der Waals surface area contributed by atoms with Gasteiger partial charge >= 0.3 is 6.18 Å². The number of hydrogen-bond donors (Lipinski definition) is 4. The molecule has 13 heteroatoms. The molecule has 3 heterocycles. The van der Waals surface area contributed by atoms with E-state index in [9.17, 15) is 18.0 Å². The van der Waals surface area contributed by atoms with E-state index in [0.717, 1.165) is 40.4 Å². The number of carbonyl (C=O) groups is 1. The second-order valence-electron chi connectivity index (χ2n) is 11.8. The highest BCUT2D eigenvalue weighted by atomic mass is 19.4. The van der Waals surface area contributed by atoms with Gasteiger partial charge in [-0.3, -0.25) is 9.89 Å². The van der Waals surface area contributed by atoms with Gasteiger partial charge in [-0.05, 0) is 55.7 Å². The maximum atomic E-state index is 13.0. The summed E-state index contributed by atoms with van der Waals surface area (Å²) in [5.74, 6) is 1.12. The highest BCUT2D eigenvalue weighted by Crippen LogP contribution is 2.35. The van der Waals surface area contributed by atoms with Gasteiger partial charge in [0, 0.05) is 53.3 Å². The fourth-order valence-electron chi connectivity index (χ4n) is 5.68. The maximum absolute atomic E-state index is 13.0. The first-order chi connectivity index (χ1) is 25.1. The number of benzene rings is 2. The van der Waals surface area contributed by atoms with E-state index in [-0.39, 0.29) is 11.4 Å². The smallest absolute Gasteiger partial charge is 0.416 e. The summed E-state index contributed by atoms with van der Waals surface area (Å²) in [7, 11) is 3.18. The molecule has 0 unspecified atom stereocenters. The number of nitrogens with two attached hydrogens (primary N) is 1. The Labute approximate surface area is 302 Å². The van der Waals surface area contributed by atoms with Gasteiger partial charge in [-0.25, -0.2) is 9.97 Å². The fraction of sp³-hybridized carbons (Fsp3) is 0.333. The summed E-state index contributed by atoms with van der Waals surface area (Å²) in [4.78, 5) is 21.3. The number of nitrogens with one attached hydrogen (secondary N) is 3. The van der Waals surface area contributed by atoms with Crippen LogP contribution in [-0.2, 0) is 19.1 Å². The number of amides is 1. The molecule has 2 aromatic carbocycles. The molecule has 5 N–H and O–H groups in total. The number of carbonyl (C=O) groups excluding carboxylic acids is 1. The molecule has 3 aromatic heterocycles. The number of alkyl halides is 3. The van der Waals surface area contributed by atoms with Gasteiger partial charge in [0.1, 0.15) is 28.7 Å². The molecule has 0 bridgehead atoms. The second-order valence-corrected chi connectivity index (χ2v) is 11.8. The van der Waals surface area contributed by atoms with Gasteiger partial charge in [-0.2, -0.15) is 18.3 Å². The zero-order chi connectivity index (χ0) is 37.7. The molecule has 1 fully saturated rings. The van der Waals surface area contributed by atoms with Crippen LogP contribution in [0.3, 0.4) is 0 Å². The molecule has 6 rings (SSSR count). The lowest BCUT2D eigenvalue weighted by atomic mass is 9.97. The van der Waals surface area contributed by atoms with Gasteiger partial charge in [0.05, 0.1) is 30.9 Å². The quantitative estimate of drug-likeness (QED) is 0.105. The lowest BCUT2D eigenvalue weighted by molar-refractivity contribution is -0.137. The molecule has 1 saturated carbocycles. The molecule has 0 saturated heterocycles. The summed E-state index contributed by atoms with van der Waals surface area (Å²) in [6.07, 6.45) is 7.19. The average molecular weight is 718 g/mol. The van der Waals surface area contributed by atoms with Crippen molar-refractivity contribution in [2.45, 2.75) is 71.1 Å². The van der Waals surface area contributed by atoms with Gasteiger partial charge in [0.15, 0.2) is 0 Å². The van der Waals surface area contributed by atoms with Crippen LogP contribution in [0.4, 0.5) is 24.8 Å². The van der Waals surface area contributed by atoms with Crippen LogP contribution in [0.1, 0.15) is 73.0 Å². The fourth-order valence-corrected chi connectivity index (χ4v) is 5.68. The third-order valence-corrected chi connectivity index (χ3v) is 8.38. The van der Waals surface area contributed by atoms with Crippen molar-refractivity contribution in [2.24, 2.45) is 5.73 Å². The number of pyridine rings is 2. The van der Waals surface area contributed by atoms with Crippen LogP contribution in [-0.4, -0.2) is 46.3 Å². The Kier molecular flexibility index (Phi) is 14.2. The third-order valence-electron chi connectivity index (χ3n) is 8.38. The second kappa shape index (κ2) is 18.7. The topological polar surface area (TPSA) is 140 Å². The van der Waals surface area contributed by atoms with E-state index in [0.29, 0.717) is 47.5 Å². The SMILES string of the molecule is C=CCc1cnc(NCc2ccc(OC)cc2OC)c2c(-c3ccc(C(=O)Nc4cc(C(F)(F)F)ccn4)cc3)[nH]nc12.CC.NC1CCCCC1. The minimum atomic E-state index is -4.55. The molecule has 276 valence electrons. The van der Waals surface area contributed by atoms with Crippen molar-refractivity contribution in [3.8, 4) is 22.8 Å². The monoisotopic (exact) mass is 717 g/mol. The van der Waals surface area contributed by atoms with Crippen molar-refractivity contribution < 1.29 is 27.4 Å². The number of fused-ring (bicyclic) bond motifs is 1. The van der Waals surface area contributed by atoms with Gasteiger partial charge in [-0.1, -0.05) is 51.3 Å². The molecule has 0 radical (unpaired) electrons. The van der Waals surface area contributed by atoms with Crippen molar-refractivity contribution >= 4 is 28.4 Å². The number of hydrogen-bond acceptors (Lipinski definition) is 8. The van der Waals surface area contributed by atoms with E-state index >= 15 is 0 Å². The molecule has 1 aliphatic rings. The van der Waals surface area contributed by atoms with Gasteiger partial charge < -0.3 is 25.8 Å². The number of aromatic amines is 1. The summed E-state index contributed by atoms with van der Waals surface area (Å²) in [6, 6.07) is 14.3. The molecule has 0 atom stereocenters. The average Bonchev–Trinajstić information content (AvgIpc) is 3.62. The summed E-state index contributed by atoms with van der Waals surface area (Å²) in [6.45, 7) is 8.23. The zero-order valence-corrected chi connectivity index (χ0v) is 29.9. The Balaban J connectivity index is 0.000000594. The van der Waals surface area contributed by atoms with Gasteiger partial charge in [0.25, 0.3) is 5.91 Å². The molecule has 5 aromatic rings. The zero-order valence-electron chi connectivity index (χ0n) is 29.9. The molecule has 0 aliphatic heterocycles. The number of anilines is 2. The molecule has 0 spiro atoms. The van der Waals surface area contributed by atoms with Crippen molar-refractivity contribution in [3.05, 3.63) is 102 Å². The van der Waals surface area contributed by atoms with Crippen LogP contribution >= 0.6 is 0 Å². The van der Waals surface area contributed by atoms with Crippen LogP contribution in [0, 0.1) is 0 Å². The minimum absolute atomic E-state index is 0.200. The van der Waals surface area contributed by atoms with Crippen LogP contribution < -0.4 is 25.8 Å². The standard InChI is InChI=1S/C31H27F3N6O3.C6H13N.C2H6/c1-4-5-21-17-37-29(36-16-20-10-11-23(42-2)15-24(20)43-3)26-27(39-40-28(21)26)18-6-8-19(9-7-18)30(41)38-25-14-22(12-13-35-25)31(32,33)34;7-6-4-2-1-3-5-6;1-2/h4,6-15,17H,1,5,16H2,2-3H3,(H,36,37)(H,39,40)(H,35,38,41);6H,1-5,7H2;1-2H3. The van der Waals surface area contributed by atoms with E-state index in [1.165, 1.54) is 32.1 Å². The number of nitrogens with zero attached hydrogens (tertiary/aromatic N) is 3. The Morgan fingerprint density at radius 3 is 2.35 bits per heavy atom. The summed E-state index contributed by atoms with van der Waals surface area (Å²) in [5.41, 5.74) is 8.85. The molecule has 1 amide bonds. The van der Waals surface area contributed by atoms with Crippen molar-refractivity contribution in [2.75, 3.05) is 24.9 Å². The summed E-state index contributed by atoms with van der Waals surface area (Å²) < 4.78 is 49.9. The molecular formula is C39H46F3N7O3. The predicted octanol–water partition coefficient (Wildman–Crippen LogP) is 8.95. The third kappa shape index (κ3) is 10.1. The van der Waals surface area contributed by atoms with Crippen molar-refractivity contribution in [3.63, 3.8) is 0 Å². The highest BCUT2D eigenvalue weighted by Gasteiger charge is 2.31. The maximum Gasteiger partial charge on any atom is 0.416 e. The lowest BCUT2D eigenvalue weighted by Crippen LogP contribution is -2.22.